The van der Waals surface area contributed by atoms with Crippen LogP contribution in [0.3, 0.4) is 0 Å². The lowest BCUT2D eigenvalue weighted by Crippen LogP contribution is -2.20. The van der Waals surface area contributed by atoms with Crippen molar-refractivity contribution in [3.63, 3.8) is 0 Å². The first-order chi connectivity index (χ1) is 9.36. The standard InChI is InChI=1S/C18H29NO/c1-14(8-6-10-16(3)19-20)11-12-17-15(2)9-7-13-18(17,4)5/h6,8,10,20H,7,9,11-13H2,1-5H3. The second-order valence-electron chi connectivity index (χ2n) is 6.61. The Hall–Kier alpha value is -1.31. The maximum atomic E-state index is 8.57. The second kappa shape index (κ2) is 7.47. The summed E-state index contributed by atoms with van der Waals surface area (Å²) in [5, 5.41) is 11.7. The molecular formula is C18H29NO. The van der Waals surface area contributed by atoms with Crippen molar-refractivity contribution in [1.82, 2.24) is 0 Å². The fourth-order valence-corrected chi connectivity index (χ4v) is 3.02. The summed E-state index contributed by atoms with van der Waals surface area (Å²) >= 11 is 0. The number of rotatable bonds is 5. The molecule has 20 heavy (non-hydrogen) atoms. The van der Waals surface area contributed by atoms with Crippen LogP contribution in [-0.2, 0) is 0 Å². The number of hydrogen-bond acceptors (Lipinski definition) is 2. The fourth-order valence-electron chi connectivity index (χ4n) is 3.02. The van der Waals surface area contributed by atoms with Gasteiger partial charge in [-0.15, -0.1) is 0 Å². The maximum absolute atomic E-state index is 8.57. The van der Waals surface area contributed by atoms with E-state index in [1.54, 1.807) is 18.1 Å². The van der Waals surface area contributed by atoms with Gasteiger partial charge in [-0.3, -0.25) is 0 Å². The van der Waals surface area contributed by atoms with Crippen LogP contribution in [-0.4, -0.2) is 10.9 Å². The van der Waals surface area contributed by atoms with Crippen molar-refractivity contribution in [3.8, 4) is 0 Å². The van der Waals surface area contributed by atoms with E-state index in [-0.39, 0.29) is 0 Å². The molecule has 0 aromatic heterocycles. The third-order valence-corrected chi connectivity index (χ3v) is 4.33. The molecule has 0 aliphatic heterocycles. The van der Waals surface area contributed by atoms with Gasteiger partial charge in [-0.25, -0.2) is 0 Å². The lowest BCUT2D eigenvalue weighted by Gasteiger charge is -2.34. The van der Waals surface area contributed by atoms with E-state index in [1.165, 1.54) is 31.3 Å². The molecule has 1 aliphatic rings. The first-order valence-electron chi connectivity index (χ1n) is 7.58. The molecule has 0 unspecified atom stereocenters. The van der Waals surface area contributed by atoms with Gasteiger partial charge in [-0.2, -0.15) is 0 Å². The molecule has 112 valence electrons. The van der Waals surface area contributed by atoms with Crippen LogP contribution in [0.2, 0.25) is 0 Å². The molecule has 0 spiro atoms. The Morgan fingerprint density at radius 1 is 1.35 bits per heavy atom. The summed E-state index contributed by atoms with van der Waals surface area (Å²) in [6, 6.07) is 0. The van der Waals surface area contributed by atoms with Gasteiger partial charge in [0.15, 0.2) is 0 Å². The van der Waals surface area contributed by atoms with Crippen LogP contribution in [0.1, 0.15) is 66.7 Å². The van der Waals surface area contributed by atoms with Gasteiger partial charge in [0.1, 0.15) is 0 Å². The van der Waals surface area contributed by atoms with E-state index in [4.69, 9.17) is 5.21 Å². The van der Waals surface area contributed by atoms with E-state index in [2.05, 4.69) is 38.9 Å². The van der Waals surface area contributed by atoms with Crippen LogP contribution in [0.25, 0.3) is 0 Å². The van der Waals surface area contributed by atoms with E-state index in [1.807, 2.05) is 12.2 Å². The van der Waals surface area contributed by atoms with E-state index in [0.717, 1.165) is 6.42 Å². The van der Waals surface area contributed by atoms with E-state index in [9.17, 15) is 0 Å². The monoisotopic (exact) mass is 275 g/mol. The zero-order chi connectivity index (χ0) is 15.2. The zero-order valence-electron chi connectivity index (χ0n) is 13.7. The Labute approximate surface area is 124 Å². The normalized spacial score (nSPS) is 20.9. The molecule has 1 aliphatic carbocycles. The highest BCUT2D eigenvalue weighted by Crippen LogP contribution is 2.42. The molecule has 1 N–H and O–H groups in total. The van der Waals surface area contributed by atoms with Gasteiger partial charge in [-0.1, -0.05) is 47.9 Å². The third-order valence-electron chi connectivity index (χ3n) is 4.33. The van der Waals surface area contributed by atoms with Crippen molar-refractivity contribution >= 4 is 5.71 Å². The summed E-state index contributed by atoms with van der Waals surface area (Å²) in [5.41, 5.74) is 5.63. The molecule has 0 heterocycles. The second-order valence-corrected chi connectivity index (χ2v) is 6.61. The van der Waals surface area contributed by atoms with Gasteiger partial charge in [0, 0.05) is 0 Å². The Bertz CT molecular complexity index is 450. The summed E-state index contributed by atoms with van der Waals surface area (Å²) in [4.78, 5) is 0. The average Bonchev–Trinajstić information content (AvgIpc) is 2.37. The van der Waals surface area contributed by atoms with Crippen LogP contribution in [0, 0.1) is 5.41 Å². The van der Waals surface area contributed by atoms with Crippen molar-refractivity contribution in [3.05, 3.63) is 34.9 Å². The molecule has 1 rings (SSSR count). The van der Waals surface area contributed by atoms with Gasteiger partial charge in [0.25, 0.3) is 0 Å². The van der Waals surface area contributed by atoms with Crippen molar-refractivity contribution in [2.45, 2.75) is 66.7 Å². The van der Waals surface area contributed by atoms with Gasteiger partial charge >= 0.3 is 0 Å². The fraction of sp³-hybridized carbons (Fsp3) is 0.611. The Morgan fingerprint density at radius 2 is 2.05 bits per heavy atom. The van der Waals surface area contributed by atoms with Gasteiger partial charge in [-0.05, 0) is 64.4 Å². The van der Waals surface area contributed by atoms with Crippen molar-refractivity contribution in [2.75, 3.05) is 0 Å². The molecule has 0 saturated carbocycles. The zero-order valence-corrected chi connectivity index (χ0v) is 13.7. The number of allylic oxidation sites excluding steroid dienone is 6. The van der Waals surface area contributed by atoms with Crippen LogP contribution in [0.15, 0.2) is 40.1 Å². The van der Waals surface area contributed by atoms with Crippen molar-refractivity contribution in [1.29, 1.82) is 0 Å². The third kappa shape index (κ3) is 4.99. The first-order valence-corrected chi connectivity index (χ1v) is 7.58. The molecular weight excluding hydrogens is 246 g/mol. The summed E-state index contributed by atoms with van der Waals surface area (Å²) < 4.78 is 0. The summed E-state index contributed by atoms with van der Waals surface area (Å²) in [7, 11) is 0. The van der Waals surface area contributed by atoms with Gasteiger partial charge < -0.3 is 5.21 Å². The highest BCUT2D eigenvalue weighted by molar-refractivity contribution is 5.92. The first kappa shape index (κ1) is 16.7. The predicted octanol–water partition coefficient (Wildman–Crippen LogP) is 5.65. The molecule has 2 nitrogen and oxygen atoms in total. The van der Waals surface area contributed by atoms with Crippen LogP contribution in [0.5, 0.6) is 0 Å². The Balaban J connectivity index is 2.62. The Kier molecular flexibility index (Phi) is 6.25. The molecule has 0 aromatic rings. The molecule has 2 heteroatoms. The molecule has 0 bridgehead atoms. The summed E-state index contributed by atoms with van der Waals surface area (Å²) in [5.74, 6) is 0. The molecule has 0 aromatic carbocycles. The quantitative estimate of drug-likeness (QED) is 0.227. The minimum Gasteiger partial charge on any atom is -0.411 e. The van der Waals surface area contributed by atoms with Crippen molar-refractivity contribution < 1.29 is 5.21 Å². The van der Waals surface area contributed by atoms with Gasteiger partial charge in [0.05, 0.1) is 5.71 Å². The smallest absolute Gasteiger partial charge is 0.0764 e. The minimum atomic E-state index is 0.374. The lowest BCUT2D eigenvalue weighted by atomic mass is 9.71. The average molecular weight is 275 g/mol. The summed E-state index contributed by atoms with van der Waals surface area (Å²) in [6.07, 6.45) is 12.1. The Morgan fingerprint density at radius 3 is 2.65 bits per heavy atom. The van der Waals surface area contributed by atoms with Gasteiger partial charge in [0.2, 0.25) is 0 Å². The van der Waals surface area contributed by atoms with Crippen LogP contribution >= 0.6 is 0 Å². The number of nitrogens with zero attached hydrogens (tertiary/aromatic N) is 1. The molecule has 0 saturated heterocycles. The molecule has 0 amide bonds. The maximum Gasteiger partial charge on any atom is 0.0764 e. The van der Waals surface area contributed by atoms with E-state index >= 15 is 0 Å². The predicted molar refractivity (Wildman–Crippen MR) is 87.4 cm³/mol. The number of hydrogen-bond donors (Lipinski definition) is 1. The molecule has 0 atom stereocenters. The van der Waals surface area contributed by atoms with Crippen LogP contribution in [0.4, 0.5) is 0 Å². The minimum absolute atomic E-state index is 0.374. The largest absolute Gasteiger partial charge is 0.411 e. The molecule has 0 fully saturated rings. The highest BCUT2D eigenvalue weighted by atomic mass is 16.4. The van der Waals surface area contributed by atoms with Crippen LogP contribution < -0.4 is 0 Å². The number of oxime groups is 1. The summed E-state index contributed by atoms with van der Waals surface area (Å²) in [6.45, 7) is 11.0. The van der Waals surface area contributed by atoms with E-state index < -0.39 is 0 Å². The van der Waals surface area contributed by atoms with E-state index in [0.29, 0.717) is 11.1 Å². The topological polar surface area (TPSA) is 32.6 Å². The lowest BCUT2D eigenvalue weighted by molar-refractivity contribution is 0.319. The SMILES string of the molecule is CC(=CC=CC(C)=NO)CCC1=C(C)CCCC1(C)C. The molecule has 0 radical (unpaired) electrons. The van der Waals surface area contributed by atoms with Crippen molar-refractivity contribution in [2.24, 2.45) is 10.6 Å². The highest BCUT2D eigenvalue weighted by Gasteiger charge is 2.27.